The average Bonchev–Trinajstić information content (AvgIpc) is 2.61. The van der Waals surface area contributed by atoms with Crippen LogP contribution in [0.3, 0.4) is 0 Å². The minimum absolute atomic E-state index is 0.519. The Hall–Kier alpha value is -1.80. The zero-order valence-electron chi connectivity index (χ0n) is 14.2. The Morgan fingerprint density at radius 3 is 2.70 bits per heavy atom. The van der Waals surface area contributed by atoms with E-state index in [9.17, 15) is 0 Å². The number of methoxy groups -OCH3 is 1. The van der Waals surface area contributed by atoms with Crippen molar-refractivity contribution in [3.63, 3.8) is 0 Å². The first-order valence-electron chi connectivity index (χ1n) is 8.73. The molecule has 23 heavy (non-hydrogen) atoms. The van der Waals surface area contributed by atoms with Crippen molar-refractivity contribution in [1.29, 1.82) is 0 Å². The van der Waals surface area contributed by atoms with E-state index in [1.807, 2.05) is 12.1 Å². The second-order valence-electron chi connectivity index (χ2n) is 6.60. The van der Waals surface area contributed by atoms with Crippen LogP contribution in [0.2, 0.25) is 0 Å². The molecule has 122 valence electrons. The minimum atomic E-state index is 0.519. The highest BCUT2D eigenvalue weighted by Gasteiger charge is 2.20. The second kappa shape index (κ2) is 7.65. The highest BCUT2D eigenvalue weighted by molar-refractivity contribution is 5.32. The van der Waals surface area contributed by atoms with E-state index in [4.69, 9.17) is 4.74 Å². The van der Waals surface area contributed by atoms with E-state index in [0.29, 0.717) is 12.1 Å². The molecule has 0 fully saturated rings. The third-order valence-corrected chi connectivity index (χ3v) is 4.88. The molecule has 2 heteroatoms. The van der Waals surface area contributed by atoms with Crippen LogP contribution in [0.5, 0.6) is 5.75 Å². The van der Waals surface area contributed by atoms with Crippen LogP contribution in [0.15, 0.2) is 48.5 Å². The molecule has 3 rings (SSSR count). The maximum atomic E-state index is 5.22. The molecule has 0 saturated carbocycles. The first kappa shape index (κ1) is 16.1. The lowest BCUT2D eigenvalue weighted by Crippen LogP contribution is -2.33. The fourth-order valence-electron chi connectivity index (χ4n) is 3.53. The molecule has 1 N–H and O–H groups in total. The number of aryl methyl sites for hydroxylation is 2. The molecule has 2 nitrogen and oxygen atoms in total. The number of nitrogens with one attached hydrogen (secondary N) is 1. The second-order valence-corrected chi connectivity index (χ2v) is 6.60. The number of rotatable bonds is 6. The van der Waals surface area contributed by atoms with Gasteiger partial charge in [0.1, 0.15) is 5.75 Å². The summed E-state index contributed by atoms with van der Waals surface area (Å²) in [5.41, 5.74) is 4.41. The first-order valence-corrected chi connectivity index (χ1v) is 8.73. The lowest BCUT2D eigenvalue weighted by Gasteiger charge is -2.29. The Balaban J connectivity index is 1.54. The molecule has 2 atom stereocenters. The molecule has 0 unspecified atom stereocenters. The van der Waals surface area contributed by atoms with Gasteiger partial charge in [-0.25, -0.2) is 0 Å². The van der Waals surface area contributed by atoms with E-state index >= 15 is 0 Å². The Bertz CT molecular complexity index is 620. The molecule has 2 aromatic rings. The number of hydrogen-bond acceptors (Lipinski definition) is 2. The molecular weight excluding hydrogens is 282 g/mol. The first-order chi connectivity index (χ1) is 11.3. The lowest BCUT2D eigenvalue weighted by atomic mass is 9.87. The van der Waals surface area contributed by atoms with Gasteiger partial charge >= 0.3 is 0 Å². The summed E-state index contributed by atoms with van der Waals surface area (Å²) in [7, 11) is 1.71. The molecule has 0 amide bonds. The predicted octanol–water partition coefficient (Wildman–Crippen LogP) is 4.68. The molecule has 1 aliphatic rings. The van der Waals surface area contributed by atoms with Gasteiger partial charge in [0.25, 0.3) is 0 Å². The fourth-order valence-corrected chi connectivity index (χ4v) is 3.53. The van der Waals surface area contributed by atoms with E-state index in [-0.39, 0.29) is 0 Å². The molecule has 0 aliphatic heterocycles. The summed E-state index contributed by atoms with van der Waals surface area (Å²) in [5.74, 6) is 0.929. The van der Waals surface area contributed by atoms with Crippen LogP contribution < -0.4 is 10.1 Å². The van der Waals surface area contributed by atoms with Crippen molar-refractivity contribution in [3.05, 3.63) is 65.2 Å². The van der Waals surface area contributed by atoms with Gasteiger partial charge in [0.15, 0.2) is 0 Å². The van der Waals surface area contributed by atoms with E-state index in [1.54, 1.807) is 7.11 Å². The Labute approximate surface area is 139 Å². The van der Waals surface area contributed by atoms with Crippen molar-refractivity contribution in [2.24, 2.45) is 0 Å². The van der Waals surface area contributed by atoms with Gasteiger partial charge in [0.2, 0.25) is 0 Å². The molecular formula is C21H27NO. The van der Waals surface area contributed by atoms with E-state index in [2.05, 4.69) is 48.6 Å². The molecule has 1 aliphatic carbocycles. The average molecular weight is 309 g/mol. The smallest absolute Gasteiger partial charge is 0.118 e. The molecule has 0 radical (unpaired) electrons. The standard InChI is InChI=1S/C21H27NO/c1-16(10-11-17-12-14-19(23-2)15-13-17)22-21-9-5-7-18-6-3-4-8-20(18)21/h3-4,6,8,12-16,21-22H,5,7,9-11H2,1-2H3/t16-,21-/m0/s1. The summed E-state index contributed by atoms with van der Waals surface area (Å²) < 4.78 is 5.22. The monoisotopic (exact) mass is 309 g/mol. The number of fused-ring (bicyclic) bond motifs is 1. The zero-order valence-corrected chi connectivity index (χ0v) is 14.2. The van der Waals surface area contributed by atoms with Crippen molar-refractivity contribution in [1.82, 2.24) is 5.32 Å². The molecule has 0 aromatic heterocycles. The Morgan fingerprint density at radius 1 is 1.13 bits per heavy atom. The lowest BCUT2D eigenvalue weighted by molar-refractivity contribution is 0.395. The predicted molar refractivity (Wildman–Crippen MR) is 96.0 cm³/mol. The topological polar surface area (TPSA) is 21.3 Å². The molecule has 2 aromatic carbocycles. The van der Waals surface area contributed by atoms with Crippen LogP contribution in [0, 0.1) is 0 Å². The third kappa shape index (κ3) is 4.14. The number of ether oxygens (including phenoxy) is 1. The molecule has 0 heterocycles. The van der Waals surface area contributed by atoms with Crippen LogP contribution in [-0.4, -0.2) is 13.2 Å². The largest absolute Gasteiger partial charge is 0.497 e. The zero-order chi connectivity index (χ0) is 16.1. The van der Waals surface area contributed by atoms with Gasteiger partial charge in [0.05, 0.1) is 7.11 Å². The van der Waals surface area contributed by atoms with E-state index in [1.165, 1.54) is 36.0 Å². The summed E-state index contributed by atoms with van der Waals surface area (Å²) in [6, 6.07) is 18.4. The minimum Gasteiger partial charge on any atom is -0.497 e. The van der Waals surface area contributed by atoms with E-state index in [0.717, 1.165) is 18.6 Å². The highest BCUT2D eigenvalue weighted by Crippen LogP contribution is 2.30. The normalized spacial score (nSPS) is 18.3. The van der Waals surface area contributed by atoms with Crippen LogP contribution in [0.25, 0.3) is 0 Å². The maximum absolute atomic E-state index is 5.22. The molecule has 0 spiro atoms. The molecule has 0 saturated heterocycles. The summed E-state index contributed by atoms with van der Waals surface area (Å²) in [4.78, 5) is 0. The van der Waals surface area contributed by atoms with Crippen LogP contribution >= 0.6 is 0 Å². The third-order valence-electron chi connectivity index (χ3n) is 4.88. The fraction of sp³-hybridized carbons (Fsp3) is 0.429. The number of hydrogen-bond donors (Lipinski definition) is 1. The van der Waals surface area contributed by atoms with Crippen molar-refractivity contribution in [2.75, 3.05) is 7.11 Å². The maximum Gasteiger partial charge on any atom is 0.118 e. The quantitative estimate of drug-likeness (QED) is 0.836. The van der Waals surface area contributed by atoms with Gasteiger partial charge < -0.3 is 10.1 Å². The van der Waals surface area contributed by atoms with Gasteiger partial charge in [-0.05, 0) is 67.9 Å². The molecule has 0 bridgehead atoms. The Kier molecular flexibility index (Phi) is 5.35. The van der Waals surface area contributed by atoms with Crippen LogP contribution in [0.4, 0.5) is 0 Å². The van der Waals surface area contributed by atoms with Gasteiger partial charge in [-0.1, -0.05) is 36.4 Å². The summed E-state index contributed by atoms with van der Waals surface area (Å²) >= 11 is 0. The summed E-state index contributed by atoms with van der Waals surface area (Å²) in [6.45, 7) is 2.31. The van der Waals surface area contributed by atoms with Gasteiger partial charge in [-0.2, -0.15) is 0 Å². The number of benzene rings is 2. The van der Waals surface area contributed by atoms with Crippen molar-refractivity contribution in [2.45, 2.75) is 51.1 Å². The van der Waals surface area contributed by atoms with Crippen molar-refractivity contribution < 1.29 is 4.74 Å². The van der Waals surface area contributed by atoms with Crippen molar-refractivity contribution in [3.8, 4) is 5.75 Å². The van der Waals surface area contributed by atoms with E-state index < -0.39 is 0 Å². The van der Waals surface area contributed by atoms with Crippen LogP contribution in [-0.2, 0) is 12.8 Å². The summed E-state index contributed by atoms with van der Waals surface area (Å²) in [6.07, 6.45) is 6.04. The van der Waals surface area contributed by atoms with Gasteiger partial charge in [0, 0.05) is 12.1 Å². The van der Waals surface area contributed by atoms with Crippen LogP contribution in [0.1, 0.15) is 48.9 Å². The summed E-state index contributed by atoms with van der Waals surface area (Å²) in [5, 5.41) is 3.84. The Morgan fingerprint density at radius 2 is 1.91 bits per heavy atom. The van der Waals surface area contributed by atoms with Crippen molar-refractivity contribution >= 4 is 0 Å². The van der Waals surface area contributed by atoms with Gasteiger partial charge in [-0.15, -0.1) is 0 Å². The van der Waals surface area contributed by atoms with Gasteiger partial charge in [-0.3, -0.25) is 0 Å². The SMILES string of the molecule is COc1ccc(CC[C@H](C)N[C@H]2CCCc3ccccc32)cc1. The highest BCUT2D eigenvalue weighted by atomic mass is 16.5.